The monoisotopic (exact) mass is 337 g/mol. The number of imidazole rings is 1. The van der Waals surface area contributed by atoms with Crippen LogP contribution in [0, 0.1) is 17.0 Å². The summed E-state index contributed by atoms with van der Waals surface area (Å²) in [5, 5.41) is 10.9. The third kappa shape index (κ3) is 2.26. The lowest BCUT2D eigenvalue weighted by molar-refractivity contribution is -0.384. The van der Waals surface area contributed by atoms with E-state index < -0.39 is 4.92 Å². The van der Waals surface area contributed by atoms with Crippen molar-refractivity contribution in [3.8, 4) is 0 Å². The molecular weight excluding hydrogens is 326 g/mol. The summed E-state index contributed by atoms with van der Waals surface area (Å²) in [6, 6.07) is 12.0. The zero-order valence-corrected chi connectivity index (χ0v) is 13.4. The van der Waals surface area contributed by atoms with E-state index in [1.54, 1.807) is 22.6 Å². The fourth-order valence-corrected chi connectivity index (χ4v) is 3.64. The van der Waals surface area contributed by atoms with Crippen molar-refractivity contribution in [1.29, 1.82) is 0 Å². The molecule has 0 aliphatic heterocycles. The van der Waals surface area contributed by atoms with Crippen molar-refractivity contribution in [1.82, 2.24) is 9.38 Å². The molecule has 4 aromatic rings. The van der Waals surface area contributed by atoms with E-state index in [4.69, 9.17) is 0 Å². The summed E-state index contributed by atoms with van der Waals surface area (Å²) in [5.74, 6) is 0. The van der Waals surface area contributed by atoms with Crippen molar-refractivity contribution in [2.75, 3.05) is 0 Å². The van der Waals surface area contributed by atoms with Gasteiger partial charge in [-0.3, -0.25) is 14.9 Å². The van der Waals surface area contributed by atoms with Gasteiger partial charge in [0.1, 0.15) is 0 Å². The Morgan fingerprint density at radius 3 is 2.88 bits per heavy atom. The lowest BCUT2D eigenvalue weighted by atomic mass is 10.2. The molecule has 118 valence electrons. The number of thiazole rings is 1. The van der Waals surface area contributed by atoms with Crippen LogP contribution in [0.5, 0.6) is 0 Å². The molecule has 2 aromatic carbocycles. The van der Waals surface area contributed by atoms with E-state index in [1.807, 2.05) is 25.1 Å². The van der Waals surface area contributed by atoms with Crippen LogP contribution in [0.25, 0.3) is 22.1 Å². The number of fused-ring (bicyclic) bond motifs is 3. The largest absolute Gasteiger partial charge is 0.274 e. The van der Waals surface area contributed by atoms with Gasteiger partial charge in [0.2, 0.25) is 0 Å². The van der Waals surface area contributed by atoms with Crippen LogP contribution in [0.15, 0.2) is 47.3 Å². The van der Waals surface area contributed by atoms with Gasteiger partial charge in [0.25, 0.3) is 11.2 Å². The molecule has 0 aliphatic rings. The summed E-state index contributed by atoms with van der Waals surface area (Å²) in [5.41, 5.74) is 3.11. The molecule has 6 nitrogen and oxygen atoms in total. The summed E-state index contributed by atoms with van der Waals surface area (Å²) in [6.07, 6.45) is 1.66. The molecule has 0 fully saturated rings. The first-order valence-electron chi connectivity index (χ1n) is 7.21. The fourth-order valence-electron chi connectivity index (χ4n) is 2.66. The molecular formula is C17H11N3O3S. The molecule has 0 radical (unpaired) electrons. The average molecular weight is 337 g/mol. The second-order valence-electron chi connectivity index (χ2n) is 5.49. The third-order valence-electron chi connectivity index (χ3n) is 3.77. The number of nitro groups is 1. The van der Waals surface area contributed by atoms with Crippen LogP contribution in [-0.4, -0.2) is 14.3 Å². The zero-order chi connectivity index (χ0) is 16.8. The van der Waals surface area contributed by atoms with Gasteiger partial charge in [-0.15, -0.1) is 0 Å². The van der Waals surface area contributed by atoms with Crippen molar-refractivity contribution in [3.05, 3.63) is 78.6 Å². The van der Waals surface area contributed by atoms with Gasteiger partial charge in [-0.25, -0.2) is 9.38 Å². The van der Waals surface area contributed by atoms with Crippen molar-refractivity contribution in [2.24, 2.45) is 0 Å². The number of aryl methyl sites for hydroxylation is 1. The number of benzene rings is 2. The van der Waals surface area contributed by atoms with Crippen LogP contribution in [0.4, 0.5) is 5.69 Å². The summed E-state index contributed by atoms with van der Waals surface area (Å²) in [7, 11) is 0. The quantitative estimate of drug-likeness (QED) is 0.416. The molecule has 24 heavy (non-hydrogen) atoms. The van der Waals surface area contributed by atoms with E-state index in [0.29, 0.717) is 15.1 Å². The topological polar surface area (TPSA) is 77.5 Å². The number of non-ortho nitro benzene ring substituents is 1. The van der Waals surface area contributed by atoms with Gasteiger partial charge in [0.05, 0.1) is 20.5 Å². The second kappa shape index (κ2) is 5.24. The lowest BCUT2D eigenvalue weighted by Gasteiger charge is -1.93. The first kappa shape index (κ1) is 14.5. The molecule has 0 spiro atoms. The Morgan fingerprint density at radius 2 is 2.08 bits per heavy atom. The van der Waals surface area contributed by atoms with E-state index in [2.05, 4.69) is 4.98 Å². The average Bonchev–Trinajstić information content (AvgIpc) is 3.04. The molecule has 0 unspecified atom stereocenters. The van der Waals surface area contributed by atoms with Crippen molar-refractivity contribution < 1.29 is 4.92 Å². The van der Waals surface area contributed by atoms with E-state index in [9.17, 15) is 14.9 Å². The minimum Gasteiger partial charge on any atom is -0.267 e. The highest BCUT2D eigenvalue weighted by atomic mass is 32.1. The Bertz CT molecular complexity index is 1220. The van der Waals surface area contributed by atoms with Gasteiger partial charge in [-0.05, 0) is 36.3 Å². The van der Waals surface area contributed by atoms with Crippen LogP contribution < -0.4 is 10.1 Å². The zero-order valence-electron chi connectivity index (χ0n) is 12.6. The van der Waals surface area contributed by atoms with Gasteiger partial charge >= 0.3 is 0 Å². The van der Waals surface area contributed by atoms with Crippen LogP contribution in [0.3, 0.4) is 0 Å². The molecule has 0 saturated carbocycles. The summed E-state index contributed by atoms with van der Waals surface area (Å²) in [4.78, 5) is 28.2. The van der Waals surface area contributed by atoms with Gasteiger partial charge in [0.15, 0.2) is 4.96 Å². The van der Waals surface area contributed by atoms with Crippen molar-refractivity contribution >= 4 is 39.1 Å². The first-order valence-corrected chi connectivity index (χ1v) is 8.02. The lowest BCUT2D eigenvalue weighted by Crippen LogP contribution is -2.22. The van der Waals surface area contributed by atoms with E-state index >= 15 is 0 Å². The highest BCUT2D eigenvalue weighted by Gasteiger charge is 2.11. The predicted octanol–water partition coefficient (Wildman–Crippen LogP) is 2.67. The van der Waals surface area contributed by atoms with Crippen molar-refractivity contribution in [3.63, 3.8) is 0 Å². The van der Waals surface area contributed by atoms with Gasteiger partial charge in [0, 0.05) is 12.1 Å². The van der Waals surface area contributed by atoms with Gasteiger partial charge in [-0.1, -0.05) is 29.5 Å². The number of hydrogen-bond donors (Lipinski definition) is 0. The standard InChI is InChI=1S/C17H11N3O3S/c1-10-5-6-14-13(7-10)18-17-19(14)16(21)15(24-17)9-11-3-2-4-12(8-11)20(22)23/h2-9H,1H3/b15-9-. The Morgan fingerprint density at radius 1 is 1.25 bits per heavy atom. The normalized spacial score (nSPS) is 12.3. The molecule has 2 aromatic heterocycles. The number of rotatable bonds is 2. The maximum atomic E-state index is 12.7. The highest BCUT2D eigenvalue weighted by Crippen LogP contribution is 2.18. The Balaban J connectivity index is 1.95. The van der Waals surface area contributed by atoms with Gasteiger partial charge in [-0.2, -0.15) is 0 Å². The van der Waals surface area contributed by atoms with E-state index in [0.717, 1.165) is 16.6 Å². The fraction of sp³-hybridized carbons (Fsp3) is 0.0588. The molecule has 0 aliphatic carbocycles. The third-order valence-corrected chi connectivity index (χ3v) is 4.74. The molecule has 4 rings (SSSR count). The van der Waals surface area contributed by atoms with Crippen molar-refractivity contribution in [2.45, 2.75) is 6.92 Å². The molecule has 0 amide bonds. The number of nitrogens with zero attached hydrogens (tertiary/aromatic N) is 3. The Labute approximate surface area is 139 Å². The predicted molar refractivity (Wildman–Crippen MR) is 93.5 cm³/mol. The van der Waals surface area contributed by atoms with Crippen LogP contribution in [0.1, 0.15) is 11.1 Å². The molecule has 0 N–H and O–H groups in total. The van der Waals surface area contributed by atoms with Crippen LogP contribution in [0.2, 0.25) is 0 Å². The smallest absolute Gasteiger partial charge is 0.267 e. The molecule has 2 heterocycles. The molecule has 0 bridgehead atoms. The molecule has 0 atom stereocenters. The number of nitro benzene ring substituents is 1. The SMILES string of the molecule is Cc1ccc2c(c1)nc1s/c(=C\c3cccc([N+](=O)[O-])c3)c(=O)n12. The summed E-state index contributed by atoms with van der Waals surface area (Å²) >= 11 is 1.28. The van der Waals surface area contributed by atoms with Crippen LogP contribution >= 0.6 is 11.3 Å². The Kier molecular flexibility index (Phi) is 3.17. The highest BCUT2D eigenvalue weighted by molar-refractivity contribution is 7.15. The molecule has 0 saturated heterocycles. The maximum absolute atomic E-state index is 12.7. The number of aromatic nitrogens is 2. The Hall–Kier alpha value is -3.06. The maximum Gasteiger partial charge on any atom is 0.274 e. The minimum atomic E-state index is -0.452. The van der Waals surface area contributed by atoms with E-state index in [1.165, 1.54) is 23.5 Å². The minimum absolute atomic E-state index is 0.00143. The van der Waals surface area contributed by atoms with Crippen LogP contribution in [-0.2, 0) is 0 Å². The van der Waals surface area contributed by atoms with E-state index in [-0.39, 0.29) is 11.2 Å². The number of hydrogen-bond acceptors (Lipinski definition) is 5. The summed E-state index contributed by atoms with van der Waals surface area (Å²) in [6.45, 7) is 1.98. The second-order valence-corrected chi connectivity index (χ2v) is 6.50. The molecule has 7 heteroatoms. The summed E-state index contributed by atoms with van der Waals surface area (Å²) < 4.78 is 2.09. The van der Waals surface area contributed by atoms with Gasteiger partial charge < -0.3 is 0 Å². The first-order chi connectivity index (χ1) is 11.5.